The molecule has 0 atom stereocenters. The van der Waals surface area contributed by atoms with Crippen molar-refractivity contribution in [2.24, 2.45) is 11.7 Å². The number of nitrogens with zero attached hydrogens (tertiary/aromatic N) is 1. The normalized spacial score (nSPS) is 15.9. The molecule has 0 aromatic heterocycles. The third-order valence-corrected chi connectivity index (χ3v) is 7.34. The Labute approximate surface area is 172 Å². The lowest BCUT2D eigenvalue weighted by Crippen LogP contribution is -2.38. The molecular weight excluding hydrogens is 388 g/mol. The predicted molar refractivity (Wildman–Crippen MR) is 112 cm³/mol. The van der Waals surface area contributed by atoms with Gasteiger partial charge < -0.3 is 10.5 Å². The number of hydrogen-bond acceptors (Lipinski definition) is 4. The van der Waals surface area contributed by atoms with E-state index in [0.29, 0.717) is 31.2 Å². The summed E-state index contributed by atoms with van der Waals surface area (Å²) in [5.41, 5.74) is 6.80. The van der Waals surface area contributed by atoms with E-state index >= 15 is 0 Å². The van der Waals surface area contributed by atoms with Crippen molar-refractivity contribution in [1.29, 1.82) is 0 Å². The van der Waals surface area contributed by atoms with Crippen LogP contribution in [0.4, 0.5) is 0 Å². The molecule has 1 saturated heterocycles. The van der Waals surface area contributed by atoms with Gasteiger partial charge in [0, 0.05) is 18.7 Å². The van der Waals surface area contributed by atoms with E-state index in [1.165, 1.54) is 29.8 Å². The van der Waals surface area contributed by atoms with Crippen molar-refractivity contribution in [2.45, 2.75) is 37.5 Å². The minimum absolute atomic E-state index is 0.204. The summed E-state index contributed by atoms with van der Waals surface area (Å²) in [6.07, 6.45) is 3.75. The standard InChI is InChI=1S/C22H28N2O4S/c1-2-28-20-9-5-17(6-10-20)3-4-18-13-15-24(16-14-18)29(26,27)21-11-7-19(8-12-21)22(23)25/h5-12,18H,2-4,13-16H2,1H3,(H2,23,25). The number of carbonyl (C=O) groups excluding carboxylic acids is 1. The van der Waals surface area contributed by atoms with Crippen LogP contribution in [0.1, 0.15) is 42.1 Å². The van der Waals surface area contributed by atoms with Crippen molar-refractivity contribution >= 4 is 15.9 Å². The van der Waals surface area contributed by atoms with Crippen LogP contribution >= 0.6 is 0 Å². The van der Waals surface area contributed by atoms with Gasteiger partial charge in [0.2, 0.25) is 15.9 Å². The van der Waals surface area contributed by atoms with Gasteiger partial charge >= 0.3 is 0 Å². The average Bonchev–Trinajstić information content (AvgIpc) is 2.74. The van der Waals surface area contributed by atoms with Gasteiger partial charge in [-0.15, -0.1) is 0 Å². The molecule has 1 fully saturated rings. The van der Waals surface area contributed by atoms with Crippen molar-refractivity contribution in [2.75, 3.05) is 19.7 Å². The zero-order valence-electron chi connectivity index (χ0n) is 16.7. The minimum atomic E-state index is -3.54. The summed E-state index contributed by atoms with van der Waals surface area (Å²) < 4.78 is 32.7. The van der Waals surface area contributed by atoms with Gasteiger partial charge in [0.05, 0.1) is 11.5 Å². The molecular formula is C22H28N2O4S. The Kier molecular flexibility index (Phi) is 6.92. The number of benzene rings is 2. The van der Waals surface area contributed by atoms with E-state index in [1.807, 2.05) is 19.1 Å². The van der Waals surface area contributed by atoms with E-state index in [9.17, 15) is 13.2 Å². The Morgan fingerprint density at radius 3 is 2.24 bits per heavy atom. The minimum Gasteiger partial charge on any atom is -0.494 e. The summed E-state index contributed by atoms with van der Waals surface area (Å²) in [7, 11) is -3.54. The van der Waals surface area contributed by atoms with Crippen LogP contribution in [0.15, 0.2) is 53.4 Å². The number of carbonyl (C=O) groups is 1. The highest BCUT2D eigenvalue weighted by atomic mass is 32.2. The lowest BCUT2D eigenvalue weighted by molar-refractivity contribution is 0.1000. The summed E-state index contributed by atoms with van der Waals surface area (Å²) >= 11 is 0. The van der Waals surface area contributed by atoms with Gasteiger partial charge in [0.25, 0.3) is 0 Å². The molecule has 2 aromatic carbocycles. The van der Waals surface area contributed by atoms with Gasteiger partial charge in [-0.25, -0.2) is 8.42 Å². The van der Waals surface area contributed by atoms with Gasteiger partial charge in [-0.2, -0.15) is 4.31 Å². The predicted octanol–water partition coefficient (Wildman–Crippen LogP) is 3.22. The summed E-state index contributed by atoms with van der Waals surface area (Å²) in [5.74, 6) is 0.839. The van der Waals surface area contributed by atoms with Crippen LogP contribution in [-0.2, 0) is 16.4 Å². The van der Waals surface area contributed by atoms with Crippen molar-refractivity contribution in [3.05, 3.63) is 59.7 Å². The zero-order chi connectivity index (χ0) is 20.9. The molecule has 2 aromatic rings. The Bertz CT molecular complexity index is 916. The summed E-state index contributed by atoms with van der Waals surface area (Å²) in [6.45, 7) is 3.68. The molecule has 1 aliphatic rings. The third kappa shape index (κ3) is 5.36. The SMILES string of the molecule is CCOc1ccc(CCC2CCN(S(=O)(=O)c3ccc(C(N)=O)cc3)CC2)cc1. The van der Waals surface area contributed by atoms with Crippen LogP contribution in [0, 0.1) is 5.92 Å². The van der Waals surface area contributed by atoms with Gasteiger partial charge in [0.15, 0.2) is 0 Å². The second-order valence-corrected chi connectivity index (χ2v) is 9.29. The van der Waals surface area contributed by atoms with Crippen LogP contribution in [0.25, 0.3) is 0 Å². The molecule has 0 bridgehead atoms. The third-order valence-electron chi connectivity index (χ3n) is 5.43. The number of primary amides is 1. The van der Waals surface area contributed by atoms with E-state index in [2.05, 4.69) is 12.1 Å². The second kappa shape index (κ2) is 9.41. The summed E-state index contributed by atoms with van der Waals surface area (Å²) in [6, 6.07) is 14.0. The average molecular weight is 417 g/mol. The molecule has 0 aliphatic carbocycles. The molecule has 3 rings (SSSR count). The van der Waals surface area contributed by atoms with E-state index < -0.39 is 15.9 Å². The molecule has 29 heavy (non-hydrogen) atoms. The molecule has 1 aliphatic heterocycles. The fourth-order valence-corrected chi connectivity index (χ4v) is 5.14. The number of sulfonamides is 1. The molecule has 1 heterocycles. The van der Waals surface area contributed by atoms with E-state index in [4.69, 9.17) is 10.5 Å². The van der Waals surface area contributed by atoms with Gasteiger partial charge in [0.1, 0.15) is 5.75 Å². The first-order valence-corrected chi connectivity index (χ1v) is 11.5. The van der Waals surface area contributed by atoms with E-state index in [1.54, 1.807) is 4.31 Å². The smallest absolute Gasteiger partial charge is 0.248 e. The second-order valence-electron chi connectivity index (χ2n) is 7.35. The number of rotatable bonds is 8. The maximum Gasteiger partial charge on any atom is 0.248 e. The number of hydrogen-bond donors (Lipinski definition) is 1. The maximum atomic E-state index is 12.8. The monoisotopic (exact) mass is 416 g/mol. The molecule has 156 valence electrons. The Morgan fingerprint density at radius 2 is 1.69 bits per heavy atom. The van der Waals surface area contributed by atoms with Crippen LogP contribution in [0.5, 0.6) is 5.75 Å². The van der Waals surface area contributed by atoms with E-state index in [-0.39, 0.29) is 4.90 Å². The van der Waals surface area contributed by atoms with Crippen molar-refractivity contribution in [3.63, 3.8) is 0 Å². The number of nitrogens with two attached hydrogens (primary N) is 1. The van der Waals surface area contributed by atoms with Crippen molar-refractivity contribution < 1.29 is 17.9 Å². The zero-order valence-corrected chi connectivity index (χ0v) is 17.5. The Hall–Kier alpha value is -2.38. The molecule has 2 N–H and O–H groups in total. The number of ether oxygens (including phenoxy) is 1. The molecule has 6 nitrogen and oxygen atoms in total. The van der Waals surface area contributed by atoms with Crippen molar-refractivity contribution in [3.8, 4) is 5.75 Å². The fourth-order valence-electron chi connectivity index (χ4n) is 3.67. The lowest BCUT2D eigenvalue weighted by Gasteiger charge is -2.31. The highest BCUT2D eigenvalue weighted by molar-refractivity contribution is 7.89. The van der Waals surface area contributed by atoms with Gasteiger partial charge in [-0.3, -0.25) is 4.79 Å². The first-order chi connectivity index (χ1) is 13.9. The number of amides is 1. The molecule has 0 unspecified atom stereocenters. The summed E-state index contributed by atoms with van der Waals surface area (Å²) in [5, 5.41) is 0. The highest BCUT2D eigenvalue weighted by Crippen LogP contribution is 2.27. The fraction of sp³-hybridized carbons (Fsp3) is 0.409. The summed E-state index contributed by atoms with van der Waals surface area (Å²) in [4.78, 5) is 11.4. The molecule has 1 amide bonds. The van der Waals surface area contributed by atoms with Gasteiger partial charge in [-0.05, 0) is 80.5 Å². The van der Waals surface area contributed by atoms with Crippen LogP contribution in [0.3, 0.4) is 0 Å². The molecule has 0 radical (unpaired) electrons. The first kappa shape index (κ1) is 21.3. The quantitative estimate of drug-likeness (QED) is 0.715. The first-order valence-electron chi connectivity index (χ1n) is 10.0. The highest BCUT2D eigenvalue weighted by Gasteiger charge is 2.29. The number of piperidine rings is 1. The van der Waals surface area contributed by atoms with Crippen LogP contribution in [0.2, 0.25) is 0 Å². The number of aryl methyl sites for hydroxylation is 1. The van der Waals surface area contributed by atoms with Gasteiger partial charge in [-0.1, -0.05) is 12.1 Å². The topological polar surface area (TPSA) is 89.7 Å². The van der Waals surface area contributed by atoms with Crippen LogP contribution in [-0.4, -0.2) is 38.3 Å². The Morgan fingerprint density at radius 1 is 1.07 bits per heavy atom. The maximum absolute atomic E-state index is 12.8. The van der Waals surface area contributed by atoms with Crippen LogP contribution < -0.4 is 10.5 Å². The van der Waals surface area contributed by atoms with Crippen molar-refractivity contribution in [1.82, 2.24) is 4.31 Å². The molecule has 0 spiro atoms. The largest absolute Gasteiger partial charge is 0.494 e. The molecule has 7 heteroatoms. The van der Waals surface area contributed by atoms with E-state index in [0.717, 1.165) is 31.4 Å². The molecule has 0 saturated carbocycles. The Balaban J connectivity index is 1.52. The lowest BCUT2D eigenvalue weighted by atomic mass is 9.91.